The summed E-state index contributed by atoms with van der Waals surface area (Å²) in [7, 11) is 0. The molecule has 0 radical (unpaired) electrons. The fourth-order valence-corrected chi connectivity index (χ4v) is 5.87. The highest BCUT2D eigenvalue weighted by atomic mass is 19.1. The Morgan fingerprint density at radius 1 is 1.06 bits per heavy atom. The second-order valence-corrected chi connectivity index (χ2v) is 10.1. The van der Waals surface area contributed by atoms with Crippen molar-refractivity contribution in [1.82, 2.24) is 9.80 Å². The Hall–Kier alpha value is -2.83. The van der Waals surface area contributed by atoms with Crippen LogP contribution in [0.4, 0.5) is 8.78 Å². The first-order valence-electron chi connectivity index (χ1n) is 12.5. The Labute approximate surface area is 205 Å². The number of rotatable bonds is 5. The van der Waals surface area contributed by atoms with Crippen LogP contribution in [0.15, 0.2) is 54.6 Å². The average molecular weight is 479 g/mol. The molecule has 2 aliphatic heterocycles. The Balaban J connectivity index is 1.08. The van der Waals surface area contributed by atoms with E-state index >= 15 is 0 Å². The summed E-state index contributed by atoms with van der Waals surface area (Å²) < 4.78 is 26.7. The van der Waals surface area contributed by atoms with Crippen molar-refractivity contribution in [2.45, 2.75) is 37.2 Å². The molecule has 6 heteroatoms. The van der Waals surface area contributed by atoms with Crippen molar-refractivity contribution in [3.05, 3.63) is 82.9 Å². The quantitative estimate of drug-likeness (QED) is 0.637. The summed E-state index contributed by atoms with van der Waals surface area (Å²) in [4.78, 5) is 16.6. The zero-order valence-corrected chi connectivity index (χ0v) is 19.9. The van der Waals surface area contributed by atoms with Crippen molar-refractivity contribution < 1.29 is 18.7 Å². The van der Waals surface area contributed by atoms with Crippen molar-refractivity contribution in [1.29, 1.82) is 0 Å². The SMILES string of the molecule is O=C(/C=C/c1cc(F)cc(F)c1)N1CCC(C(O)CN2CCC3(C=Cc4ccccc43)CC2)CC1. The van der Waals surface area contributed by atoms with Gasteiger partial charge in [0.2, 0.25) is 5.91 Å². The zero-order valence-electron chi connectivity index (χ0n) is 19.9. The molecule has 2 saturated heterocycles. The van der Waals surface area contributed by atoms with Crippen molar-refractivity contribution in [3.63, 3.8) is 0 Å². The molecule has 0 saturated carbocycles. The van der Waals surface area contributed by atoms with E-state index in [0.29, 0.717) is 25.2 Å². The molecular formula is C29H32F2N2O2. The molecule has 0 bridgehead atoms. The second kappa shape index (κ2) is 10.0. The maximum atomic E-state index is 13.3. The number of hydrogen-bond acceptors (Lipinski definition) is 3. The fraction of sp³-hybridized carbons (Fsp3) is 0.414. The van der Waals surface area contributed by atoms with Crippen molar-refractivity contribution >= 4 is 18.1 Å². The molecule has 5 rings (SSSR count). The predicted octanol–water partition coefficient (Wildman–Crippen LogP) is 4.64. The monoisotopic (exact) mass is 478 g/mol. The molecule has 4 nitrogen and oxygen atoms in total. The normalized spacial score (nSPS) is 21.1. The van der Waals surface area contributed by atoms with E-state index in [1.54, 1.807) is 4.90 Å². The maximum absolute atomic E-state index is 13.3. The number of carbonyl (C=O) groups is 1. The summed E-state index contributed by atoms with van der Waals surface area (Å²) in [5, 5.41) is 10.9. The summed E-state index contributed by atoms with van der Waals surface area (Å²) in [6.07, 6.45) is 10.7. The van der Waals surface area contributed by atoms with E-state index in [9.17, 15) is 18.7 Å². The molecule has 1 spiro atoms. The van der Waals surface area contributed by atoms with Gasteiger partial charge in [-0.1, -0.05) is 36.4 Å². The van der Waals surface area contributed by atoms with Gasteiger partial charge in [-0.05, 0) is 79.6 Å². The van der Waals surface area contributed by atoms with Gasteiger partial charge in [-0.25, -0.2) is 8.78 Å². The number of amides is 1. The van der Waals surface area contributed by atoms with Gasteiger partial charge < -0.3 is 14.9 Å². The molecule has 1 amide bonds. The number of allylic oxidation sites excluding steroid dienone is 1. The maximum Gasteiger partial charge on any atom is 0.246 e. The number of β-amino-alcohol motifs (C(OH)–C–C–N with tert-alkyl or cyclic N) is 1. The molecule has 2 aromatic rings. The molecule has 1 unspecified atom stereocenters. The van der Waals surface area contributed by atoms with Gasteiger partial charge in [0.1, 0.15) is 11.6 Å². The van der Waals surface area contributed by atoms with E-state index in [2.05, 4.69) is 41.3 Å². The van der Waals surface area contributed by atoms with E-state index in [4.69, 9.17) is 0 Å². The summed E-state index contributed by atoms with van der Waals surface area (Å²) in [5.74, 6) is -1.34. The van der Waals surface area contributed by atoms with Crippen LogP contribution in [0.3, 0.4) is 0 Å². The minimum atomic E-state index is -0.666. The molecule has 35 heavy (non-hydrogen) atoms. The van der Waals surface area contributed by atoms with Crippen LogP contribution in [-0.4, -0.2) is 59.6 Å². The van der Waals surface area contributed by atoms with Gasteiger partial charge >= 0.3 is 0 Å². The number of carbonyl (C=O) groups excluding carboxylic acids is 1. The van der Waals surface area contributed by atoms with E-state index in [0.717, 1.165) is 44.8 Å². The van der Waals surface area contributed by atoms with Crippen LogP contribution in [0.25, 0.3) is 12.2 Å². The number of hydrogen-bond donors (Lipinski definition) is 1. The van der Waals surface area contributed by atoms with Crippen molar-refractivity contribution in [3.8, 4) is 0 Å². The van der Waals surface area contributed by atoms with Crippen molar-refractivity contribution in [2.75, 3.05) is 32.7 Å². The van der Waals surface area contributed by atoms with Crippen LogP contribution in [0.5, 0.6) is 0 Å². The number of piperidine rings is 2. The fourth-order valence-electron chi connectivity index (χ4n) is 5.87. The van der Waals surface area contributed by atoms with E-state index in [1.165, 1.54) is 35.4 Å². The molecule has 2 aromatic carbocycles. The Morgan fingerprint density at radius 3 is 2.46 bits per heavy atom. The lowest BCUT2D eigenvalue weighted by Crippen LogP contribution is -2.47. The van der Waals surface area contributed by atoms with Gasteiger partial charge in [-0.3, -0.25) is 4.79 Å². The molecule has 2 fully saturated rings. The third-order valence-corrected chi connectivity index (χ3v) is 7.97. The van der Waals surface area contributed by atoms with E-state index in [-0.39, 0.29) is 17.2 Å². The van der Waals surface area contributed by atoms with Gasteiger partial charge in [0, 0.05) is 37.2 Å². The van der Waals surface area contributed by atoms with Gasteiger partial charge in [0.15, 0.2) is 0 Å². The Morgan fingerprint density at radius 2 is 1.74 bits per heavy atom. The topological polar surface area (TPSA) is 43.8 Å². The third-order valence-electron chi connectivity index (χ3n) is 7.97. The number of nitrogens with zero attached hydrogens (tertiary/aromatic N) is 2. The van der Waals surface area contributed by atoms with Crippen molar-refractivity contribution in [2.24, 2.45) is 5.92 Å². The summed E-state index contributed by atoms with van der Waals surface area (Å²) >= 11 is 0. The lowest BCUT2D eigenvalue weighted by molar-refractivity contribution is -0.128. The minimum absolute atomic E-state index is 0.147. The number of halogens is 2. The third kappa shape index (κ3) is 5.24. The molecule has 3 aliphatic rings. The van der Waals surface area contributed by atoms with Crippen LogP contribution >= 0.6 is 0 Å². The van der Waals surface area contributed by atoms with Crippen LogP contribution in [-0.2, 0) is 10.2 Å². The summed E-state index contributed by atoms with van der Waals surface area (Å²) in [6.45, 7) is 3.77. The van der Waals surface area contributed by atoms with Crippen LogP contribution in [0.2, 0.25) is 0 Å². The highest BCUT2D eigenvalue weighted by Crippen LogP contribution is 2.43. The van der Waals surface area contributed by atoms with Crippen LogP contribution in [0, 0.1) is 17.6 Å². The molecule has 1 aliphatic carbocycles. The lowest BCUT2D eigenvalue weighted by Gasteiger charge is -2.41. The number of benzene rings is 2. The summed E-state index contributed by atoms with van der Waals surface area (Å²) in [5.41, 5.74) is 3.24. The average Bonchev–Trinajstić information content (AvgIpc) is 3.22. The largest absolute Gasteiger partial charge is 0.392 e. The second-order valence-electron chi connectivity index (χ2n) is 10.1. The van der Waals surface area contributed by atoms with Crippen LogP contribution in [0.1, 0.15) is 42.4 Å². The molecule has 1 atom stereocenters. The molecule has 2 heterocycles. The molecule has 0 aromatic heterocycles. The van der Waals surface area contributed by atoms with Gasteiger partial charge in [0.25, 0.3) is 0 Å². The number of fused-ring (bicyclic) bond motifs is 2. The Bertz CT molecular complexity index is 1110. The highest BCUT2D eigenvalue weighted by molar-refractivity contribution is 5.91. The first kappa shape index (κ1) is 23.9. The number of likely N-dealkylation sites (tertiary alicyclic amines) is 2. The van der Waals surface area contributed by atoms with Crippen LogP contribution < -0.4 is 0 Å². The van der Waals surface area contributed by atoms with Gasteiger partial charge in [-0.15, -0.1) is 0 Å². The van der Waals surface area contributed by atoms with E-state index < -0.39 is 17.7 Å². The lowest BCUT2D eigenvalue weighted by atomic mass is 9.74. The van der Waals surface area contributed by atoms with E-state index in [1.807, 2.05) is 0 Å². The van der Waals surface area contributed by atoms with Gasteiger partial charge in [0.05, 0.1) is 6.10 Å². The highest BCUT2D eigenvalue weighted by Gasteiger charge is 2.38. The predicted molar refractivity (Wildman–Crippen MR) is 134 cm³/mol. The standard InChI is InChI=1S/C29H32F2N2O2/c30-24-17-21(18-25(31)19-24)5-6-28(35)33-13-8-23(9-14-33)27(34)20-32-15-11-29(12-16-32)10-7-22-3-1-2-4-26(22)29/h1-7,10,17-19,23,27,34H,8-9,11-16,20H2/b6-5+. The summed E-state index contributed by atoms with van der Waals surface area (Å²) in [6, 6.07) is 11.8. The molecule has 1 N–H and O–H groups in total. The smallest absolute Gasteiger partial charge is 0.246 e. The van der Waals surface area contributed by atoms with Gasteiger partial charge in [-0.2, -0.15) is 0 Å². The minimum Gasteiger partial charge on any atom is -0.392 e. The first-order chi connectivity index (χ1) is 16.9. The number of aliphatic hydroxyl groups excluding tert-OH is 1. The number of aliphatic hydroxyl groups is 1. The molecule has 184 valence electrons. The Kier molecular flexibility index (Phi) is 6.85. The zero-order chi connectivity index (χ0) is 24.4. The molecular weight excluding hydrogens is 446 g/mol. The first-order valence-corrected chi connectivity index (χ1v) is 12.5.